The summed E-state index contributed by atoms with van der Waals surface area (Å²) in [7, 11) is -5.20. The van der Waals surface area contributed by atoms with Gasteiger partial charge in [-0.2, -0.15) is 0 Å². The zero-order chi connectivity index (χ0) is 51.0. The fraction of sp³-hybridized carbons (Fsp3) is 0.547. The van der Waals surface area contributed by atoms with Crippen LogP contribution in [0.2, 0.25) is 0 Å². The molecule has 0 aromatic rings. The molecule has 1 rings (SSSR count). The van der Waals surface area contributed by atoms with Gasteiger partial charge < -0.3 is 50.1 Å². The Hall–Kier alpha value is -4.09. The largest absolute Gasteiger partial charge is 0.472 e. The molecule has 16 heteroatoms. The molecule has 8 N–H and O–H groups in total. The number of aliphatic hydroxyl groups is 7. The molecule has 10 atom stereocenters. The minimum absolute atomic E-state index is 0.0437. The Morgan fingerprint density at radius 2 is 1.09 bits per heavy atom. The molecule has 69 heavy (non-hydrogen) atoms. The molecule has 1 aliphatic carbocycles. The van der Waals surface area contributed by atoms with Crippen molar-refractivity contribution >= 4 is 19.8 Å². The lowest BCUT2D eigenvalue weighted by Gasteiger charge is -2.41. The number of esters is 2. The number of carbonyl (C=O) groups excluding carboxylic acids is 2. The number of phosphoric acid groups is 1. The first-order valence-electron chi connectivity index (χ1n) is 24.2. The first kappa shape index (κ1) is 62.9. The topological polar surface area (TPSA) is 250 Å². The van der Waals surface area contributed by atoms with E-state index >= 15 is 0 Å². The molecular weight excluding hydrogens is 908 g/mol. The van der Waals surface area contributed by atoms with E-state index in [-0.39, 0.29) is 12.8 Å². The van der Waals surface area contributed by atoms with Crippen molar-refractivity contribution in [2.45, 2.75) is 172 Å². The molecule has 0 radical (unpaired) electrons. The van der Waals surface area contributed by atoms with Gasteiger partial charge in [0.25, 0.3) is 0 Å². The van der Waals surface area contributed by atoms with Crippen molar-refractivity contribution in [3.63, 3.8) is 0 Å². The highest BCUT2D eigenvalue weighted by Crippen LogP contribution is 2.47. The molecule has 0 aromatic carbocycles. The summed E-state index contributed by atoms with van der Waals surface area (Å²) in [6.45, 7) is 2.84. The highest BCUT2D eigenvalue weighted by atomic mass is 31.2. The molecule has 1 aliphatic rings. The number of hydrogen-bond acceptors (Lipinski definition) is 14. The fourth-order valence-corrected chi connectivity index (χ4v) is 7.22. The summed E-state index contributed by atoms with van der Waals surface area (Å²) in [5.41, 5.74) is 0. The van der Waals surface area contributed by atoms with Gasteiger partial charge in [0.1, 0.15) is 43.2 Å². The fourth-order valence-electron chi connectivity index (χ4n) is 6.24. The van der Waals surface area contributed by atoms with Crippen LogP contribution in [0.1, 0.15) is 117 Å². The van der Waals surface area contributed by atoms with Crippen molar-refractivity contribution in [1.82, 2.24) is 0 Å². The summed E-state index contributed by atoms with van der Waals surface area (Å²) in [4.78, 5) is 35.7. The van der Waals surface area contributed by atoms with Crippen molar-refractivity contribution in [1.29, 1.82) is 0 Å². The van der Waals surface area contributed by atoms with Crippen molar-refractivity contribution < 1.29 is 73.3 Å². The number of unbranched alkanes of at least 4 members (excludes halogenated alkanes) is 4. The first-order chi connectivity index (χ1) is 33.2. The summed E-state index contributed by atoms with van der Waals surface area (Å²) < 4.78 is 33.3. The van der Waals surface area contributed by atoms with Crippen LogP contribution >= 0.6 is 7.82 Å². The second-order valence-corrected chi connectivity index (χ2v) is 17.7. The maximum absolute atomic E-state index is 12.8. The molecule has 1 saturated carbocycles. The van der Waals surface area contributed by atoms with Gasteiger partial charge in [0.2, 0.25) is 0 Å². The molecule has 0 heterocycles. The molecule has 0 aromatic heterocycles. The predicted molar refractivity (Wildman–Crippen MR) is 269 cm³/mol. The van der Waals surface area contributed by atoms with E-state index in [9.17, 15) is 54.8 Å². The van der Waals surface area contributed by atoms with E-state index in [4.69, 9.17) is 18.5 Å². The molecule has 388 valence electrons. The number of hydrogen-bond donors (Lipinski definition) is 8. The van der Waals surface area contributed by atoms with E-state index in [2.05, 4.69) is 43.4 Å². The molecule has 0 spiro atoms. The minimum Gasteiger partial charge on any atom is -0.462 e. The van der Waals surface area contributed by atoms with Gasteiger partial charge in [-0.25, -0.2) is 4.57 Å². The highest BCUT2D eigenvalue weighted by Gasteiger charge is 2.51. The second-order valence-electron chi connectivity index (χ2n) is 16.3. The number of allylic oxidation sites excluding steroid dienone is 18. The molecule has 1 fully saturated rings. The Morgan fingerprint density at radius 1 is 0.551 bits per heavy atom. The average Bonchev–Trinajstić information content (AvgIpc) is 3.32. The monoisotopic (exact) mass is 989 g/mol. The maximum atomic E-state index is 12.8. The van der Waals surface area contributed by atoms with E-state index < -0.39 is 87.9 Å². The van der Waals surface area contributed by atoms with Crippen LogP contribution in [-0.2, 0) is 32.7 Å². The molecule has 0 aliphatic heterocycles. The molecule has 0 saturated heterocycles. The van der Waals surface area contributed by atoms with E-state index in [1.54, 1.807) is 48.6 Å². The zero-order valence-corrected chi connectivity index (χ0v) is 41.4. The maximum Gasteiger partial charge on any atom is 0.472 e. The lowest BCUT2D eigenvalue weighted by atomic mass is 9.85. The van der Waals surface area contributed by atoms with Crippen molar-refractivity contribution in [3.05, 3.63) is 134 Å². The molecule has 0 amide bonds. The van der Waals surface area contributed by atoms with Gasteiger partial charge in [-0.1, -0.05) is 160 Å². The second kappa shape index (κ2) is 40.6. The van der Waals surface area contributed by atoms with Crippen LogP contribution in [0.25, 0.3) is 0 Å². The number of ether oxygens (including phenoxy) is 2. The van der Waals surface area contributed by atoms with Gasteiger partial charge in [-0.05, 0) is 77.0 Å². The average molecular weight is 989 g/mol. The van der Waals surface area contributed by atoms with Gasteiger partial charge in [-0.15, -0.1) is 0 Å². The Balaban J connectivity index is 2.61. The SMILES string of the molecule is CC/C=C\C[C@@H](O)/C=C/C=C\C/C=C\C=C\[C@@H](O)/C=C\CCCC(=O)OC[C@H](COP(=O)(O)OC1[C@H](O)[C@H](O)C(O)[C@H](O)[C@H]1O)OC(=O)CC/C=C\C/C=C\C/C=C\C/C=C\C/C=C\CCCCC. The minimum atomic E-state index is -5.20. The normalized spacial score (nSPS) is 23.0. The lowest BCUT2D eigenvalue weighted by molar-refractivity contribution is -0.220. The third-order valence-electron chi connectivity index (χ3n) is 10.2. The summed E-state index contributed by atoms with van der Waals surface area (Å²) in [6.07, 6.45) is 38.6. The van der Waals surface area contributed by atoms with E-state index in [0.717, 1.165) is 32.1 Å². The molecule has 15 nitrogen and oxygen atoms in total. The van der Waals surface area contributed by atoms with Crippen LogP contribution in [0.3, 0.4) is 0 Å². The lowest BCUT2D eigenvalue weighted by Crippen LogP contribution is -2.64. The van der Waals surface area contributed by atoms with Crippen LogP contribution in [0, 0.1) is 0 Å². The number of rotatable bonds is 37. The Kier molecular flexibility index (Phi) is 37.0. The van der Waals surface area contributed by atoms with Gasteiger partial charge in [0, 0.05) is 12.8 Å². The van der Waals surface area contributed by atoms with Gasteiger partial charge in [0.05, 0.1) is 18.8 Å². The van der Waals surface area contributed by atoms with E-state index in [1.165, 1.54) is 19.3 Å². The first-order valence-corrected chi connectivity index (χ1v) is 25.7. The third kappa shape index (κ3) is 33.2. The molecule has 3 unspecified atom stereocenters. The molecular formula is C53H81O15P. The van der Waals surface area contributed by atoms with Crippen LogP contribution in [0.5, 0.6) is 0 Å². The predicted octanol–water partition coefficient (Wildman–Crippen LogP) is 7.88. The van der Waals surface area contributed by atoms with Crippen LogP contribution in [-0.4, -0.2) is 121 Å². The van der Waals surface area contributed by atoms with Crippen LogP contribution in [0.15, 0.2) is 134 Å². The number of aliphatic hydroxyl groups excluding tert-OH is 7. The number of phosphoric ester groups is 1. The third-order valence-corrected chi connectivity index (χ3v) is 11.1. The van der Waals surface area contributed by atoms with E-state index in [1.807, 2.05) is 55.5 Å². The van der Waals surface area contributed by atoms with Crippen molar-refractivity contribution in [2.75, 3.05) is 13.2 Å². The smallest absolute Gasteiger partial charge is 0.462 e. The van der Waals surface area contributed by atoms with Crippen LogP contribution < -0.4 is 0 Å². The Bertz CT molecular complexity index is 1740. The number of carbonyl (C=O) groups is 2. The summed E-state index contributed by atoms with van der Waals surface area (Å²) >= 11 is 0. The zero-order valence-electron chi connectivity index (χ0n) is 40.5. The highest BCUT2D eigenvalue weighted by molar-refractivity contribution is 7.47. The van der Waals surface area contributed by atoms with Crippen LogP contribution in [0.4, 0.5) is 0 Å². The summed E-state index contributed by atoms with van der Waals surface area (Å²) in [5, 5.41) is 70.3. The summed E-state index contributed by atoms with van der Waals surface area (Å²) in [6, 6.07) is 0. The standard InChI is InChI=1S/C53H81O15P/c1-3-5-7-8-9-10-11-12-13-14-15-16-17-18-19-20-24-27-33-40-47(57)67-45(42-66-69(63,64)68-53-51(61)49(59)48(58)50(60)52(53)62)41-65-46(56)39-34-28-32-38-44(55)37-31-26-23-21-22-25-30-36-43(54)35-29-6-4-2/h6,9-10,12-13,15-16,18-19,22-27,29-32,36-38,43-45,48-55,58-62H,3-5,7-8,11,14,17,20-21,28,33-35,39-42H2,1-2H3,(H,63,64)/b10-9-,13-12-,16-15-,19-18-,25-22-,26-23-,27-24-,29-6-,36-30+,37-31+,38-32-/t43-,44-,45-,48?,49-,50+,51-,52-,53?/m1/s1. The Labute approximate surface area is 410 Å². The van der Waals surface area contributed by atoms with Crippen molar-refractivity contribution in [2.24, 2.45) is 0 Å². The van der Waals surface area contributed by atoms with Gasteiger partial charge in [0.15, 0.2) is 6.10 Å². The Morgan fingerprint density at radius 3 is 1.68 bits per heavy atom. The van der Waals surface area contributed by atoms with Crippen molar-refractivity contribution in [3.8, 4) is 0 Å². The summed E-state index contributed by atoms with van der Waals surface area (Å²) in [5.74, 6) is -1.40. The quantitative estimate of drug-likeness (QED) is 0.00969. The van der Waals surface area contributed by atoms with E-state index in [0.29, 0.717) is 38.5 Å². The van der Waals surface area contributed by atoms with Gasteiger partial charge >= 0.3 is 19.8 Å². The molecule has 0 bridgehead atoms. The van der Waals surface area contributed by atoms with Gasteiger partial charge in [-0.3, -0.25) is 18.6 Å².